The van der Waals surface area contributed by atoms with E-state index in [9.17, 15) is 0 Å². The maximum atomic E-state index is 3.44. The fraction of sp³-hybridized carbons (Fsp3) is 0.667. The van der Waals surface area contributed by atoms with Crippen molar-refractivity contribution in [2.24, 2.45) is 0 Å². The zero-order valence-corrected chi connectivity index (χ0v) is 9.43. The van der Waals surface area contributed by atoms with Crippen LogP contribution in [0.3, 0.4) is 0 Å². The SMILES string of the molecule is C=C[CH2][Pd].CP(C)C.Cl. The molecule has 0 bridgehead atoms. The molecular formula is C6H15ClPPd. The van der Waals surface area contributed by atoms with Gasteiger partial charge < -0.3 is 0 Å². The number of hydrogen-bond donors (Lipinski definition) is 0. The predicted octanol–water partition coefficient (Wildman–Crippen LogP) is 2.92. The number of hydrogen-bond acceptors (Lipinski definition) is 0. The molecule has 0 N–H and O–H groups in total. The summed E-state index contributed by atoms with van der Waals surface area (Å²) in [6.45, 7) is 10.1. The van der Waals surface area contributed by atoms with Crippen LogP contribution >= 0.6 is 20.3 Å². The molecule has 0 aromatic carbocycles. The average Bonchev–Trinajstić information content (AvgIpc) is 1.65. The Morgan fingerprint density at radius 2 is 1.56 bits per heavy atom. The van der Waals surface area contributed by atoms with Gasteiger partial charge in [-0.1, -0.05) is 0 Å². The van der Waals surface area contributed by atoms with Crippen LogP contribution in [0, 0.1) is 0 Å². The average molecular weight is 260 g/mol. The minimum Gasteiger partial charge on any atom is -0.147 e. The van der Waals surface area contributed by atoms with Crippen LogP contribution in [-0.2, 0) is 19.2 Å². The molecule has 0 rings (SSSR count). The second-order valence-corrected chi connectivity index (χ2v) is 5.08. The van der Waals surface area contributed by atoms with Crippen LogP contribution in [0.15, 0.2) is 12.7 Å². The second-order valence-electron chi connectivity index (χ2n) is 1.76. The maximum Gasteiger partial charge on any atom is -0.0449 e. The van der Waals surface area contributed by atoms with Gasteiger partial charge in [0.2, 0.25) is 0 Å². The van der Waals surface area contributed by atoms with E-state index in [2.05, 4.69) is 45.8 Å². The molecule has 0 saturated carbocycles. The Kier molecular flexibility index (Phi) is 29.6. The fourth-order valence-corrected chi connectivity index (χ4v) is 0. The molecule has 0 atom stereocenters. The van der Waals surface area contributed by atoms with Gasteiger partial charge in [-0.15, -0.1) is 20.3 Å². The van der Waals surface area contributed by atoms with Gasteiger partial charge in [-0.2, -0.15) is 0 Å². The van der Waals surface area contributed by atoms with Crippen LogP contribution in [0.25, 0.3) is 0 Å². The third kappa shape index (κ3) is 103. The Hall–Kier alpha value is 1.12. The van der Waals surface area contributed by atoms with E-state index < -0.39 is 0 Å². The van der Waals surface area contributed by atoms with Crippen LogP contribution in [0.4, 0.5) is 0 Å². The molecule has 0 amide bonds. The standard InChI is InChI=1S/C3H9P.C3H5.ClH.Pd/c1-4(2)3;1-3-2;;/h1-3H3;3H,1-2H2;1H;. The van der Waals surface area contributed by atoms with E-state index in [0.29, 0.717) is 7.92 Å². The number of halogens is 1. The van der Waals surface area contributed by atoms with Crippen molar-refractivity contribution in [1.82, 2.24) is 0 Å². The second kappa shape index (κ2) is 16.1. The molecule has 9 heavy (non-hydrogen) atoms. The summed E-state index contributed by atoms with van der Waals surface area (Å²) in [6, 6.07) is 0. The molecular weight excluding hydrogens is 245 g/mol. The summed E-state index contributed by atoms with van der Waals surface area (Å²) >= 11 is 2.92. The first kappa shape index (κ1) is 16.6. The van der Waals surface area contributed by atoms with Crippen molar-refractivity contribution in [3.05, 3.63) is 12.7 Å². The van der Waals surface area contributed by atoms with E-state index in [0.717, 1.165) is 4.89 Å². The minimum absolute atomic E-state index is 0. The minimum atomic E-state index is 0. The van der Waals surface area contributed by atoms with Gasteiger partial charge in [0, 0.05) is 0 Å². The predicted molar refractivity (Wildman–Crippen MR) is 46.9 cm³/mol. The Balaban J connectivity index is -0.0000000720. The molecule has 0 saturated heterocycles. The molecule has 0 aliphatic rings. The summed E-state index contributed by atoms with van der Waals surface area (Å²) in [7, 11) is 0.380. The zero-order valence-electron chi connectivity index (χ0n) is 6.16. The largest absolute Gasteiger partial charge is 0.147 e. The smallest absolute Gasteiger partial charge is 0.0449 e. The van der Waals surface area contributed by atoms with Crippen molar-refractivity contribution >= 4 is 20.3 Å². The monoisotopic (exact) mass is 259 g/mol. The molecule has 0 spiro atoms. The Morgan fingerprint density at radius 1 is 1.44 bits per heavy atom. The first-order valence-electron chi connectivity index (χ1n) is 2.38. The van der Waals surface area contributed by atoms with Crippen molar-refractivity contribution in [3.8, 4) is 0 Å². The molecule has 0 aromatic heterocycles. The molecule has 61 valence electrons. The molecule has 0 radical (unpaired) electrons. The molecule has 0 aliphatic heterocycles. The van der Waals surface area contributed by atoms with E-state index in [1.54, 1.807) is 0 Å². The van der Waals surface area contributed by atoms with Gasteiger partial charge >= 0.3 is 36.8 Å². The summed E-state index contributed by atoms with van der Waals surface area (Å²) in [5.74, 6) is 0. The molecule has 0 aliphatic carbocycles. The first-order chi connectivity index (χ1) is 3.65. The van der Waals surface area contributed by atoms with Crippen molar-refractivity contribution in [2.75, 3.05) is 20.0 Å². The van der Waals surface area contributed by atoms with Gasteiger partial charge in [0.1, 0.15) is 0 Å². The quantitative estimate of drug-likeness (QED) is 0.386. The molecule has 3 heteroatoms. The van der Waals surface area contributed by atoms with Crippen LogP contribution in [-0.4, -0.2) is 20.0 Å². The van der Waals surface area contributed by atoms with Gasteiger partial charge in [0.15, 0.2) is 0 Å². The molecule has 0 nitrogen and oxygen atoms in total. The van der Waals surface area contributed by atoms with Gasteiger partial charge in [-0.25, -0.2) is 0 Å². The van der Waals surface area contributed by atoms with E-state index >= 15 is 0 Å². The molecule has 0 aromatic rings. The summed E-state index contributed by atoms with van der Waals surface area (Å²) in [5, 5.41) is 0. The van der Waals surface area contributed by atoms with Gasteiger partial charge in [0.25, 0.3) is 0 Å². The number of rotatable bonds is 1. The fourth-order valence-electron chi connectivity index (χ4n) is 0. The van der Waals surface area contributed by atoms with Crippen molar-refractivity contribution in [3.63, 3.8) is 0 Å². The van der Waals surface area contributed by atoms with Crippen LogP contribution in [0.2, 0.25) is 4.89 Å². The van der Waals surface area contributed by atoms with Crippen molar-refractivity contribution in [2.45, 2.75) is 4.89 Å². The Morgan fingerprint density at radius 3 is 1.56 bits per heavy atom. The first-order valence-corrected chi connectivity index (χ1v) is 6.16. The van der Waals surface area contributed by atoms with Gasteiger partial charge in [0.05, 0.1) is 0 Å². The summed E-state index contributed by atoms with van der Waals surface area (Å²) < 4.78 is 0. The topological polar surface area (TPSA) is 0 Å². The normalized spacial score (nSPS) is 6.89. The van der Waals surface area contributed by atoms with E-state index in [-0.39, 0.29) is 12.4 Å². The van der Waals surface area contributed by atoms with E-state index in [4.69, 9.17) is 0 Å². The van der Waals surface area contributed by atoms with Crippen molar-refractivity contribution < 1.29 is 19.2 Å². The zero-order chi connectivity index (χ0) is 6.99. The molecule has 0 fully saturated rings. The van der Waals surface area contributed by atoms with Crippen LogP contribution in [0.5, 0.6) is 0 Å². The maximum absolute atomic E-state index is 3.44. The van der Waals surface area contributed by atoms with Crippen LogP contribution in [0.1, 0.15) is 0 Å². The van der Waals surface area contributed by atoms with E-state index in [1.807, 2.05) is 6.08 Å². The van der Waals surface area contributed by atoms with Crippen LogP contribution < -0.4 is 0 Å². The Bertz CT molecular complexity index is 45.6. The molecule has 0 unspecified atom stereocenters. The summed E-state index contributed by atoms with van der Waals surface area (Å²) in [4.78, 5) is 0.933. The third-order valence-corrected chi connectivity index (χ3v) is 0.540. The van der Waals surface area contributed by atoms with E-state index in [1.165, 1.54) is 0 Å². The number of allylic oxidation sites excluding steroid dienone is 1. The third-order valence-electron chi connectivity index (χ3n) is 0.0913. The summed E-state index contributed by atoms with van der Waals surface area (Å²) in [5.41, 5.74) is 0. The van der Waals surface area contributed by atoms with Gasteiger partial charge in [-0.05, 0) is 20.0 Å². The Labute approximate surface area is 77.1 Å². The molecule has 0 heterocycles. The van der Waals surface area contributed by atoms with Crippen molar-refractivity contribution in [1.29, 1.82) is 0 Å². The van der Waals surface area contributed by atoms with Gasteiger partial charge in [-0.3, -0.25) is 0 Å². The summed E-state index contributed by atoms with van der Waals surface area (Å²) in [6.07, 6.45) is 1.81.